The lowest BCUT2D eigenvalue weighted by molar-refractivity contribution is 0.601. The van der Waals surface area contributed by atoms with Gasteiger partial charge in [0.2, 0.25) is 0 Å². The quantitative estimate of drug-likeness (QED) is 0.808. The molecule has 0 radical (unpaired) electrons. The first-order chi connectivity index (χ1) is 9.83. The lowest BCUT2D eigenvalue weighted by atomic mass is 10.1. The second-order valence-corrected chi connectivity index (χ2v) is 7.37. The van der Waals surface area contributed by atoms with Crippen LogP contribution in [0.15, 0.2) is 45.8 Å². The van der Waals surface area contributed by atoms with Gasteiger partial charge in [-0.05, 0) is 54.8 Å². The molecular weight excluding hydrogens is 352 g/mol. The van der Waals surface area contributed by atoms with Gasteiger partial charge in [-0.25, -0.2) is 8.42 Å². The van der Waals surface area contributed by atoms with Crippen molar-refractivity contribution in [2.24, 2.45) is 0 Å². The summed E-state index contributed by atoms with van der Waals surface area (Å²) in [6.45, 7) is 3.84. The van der Waals surface area contributed by atoms with Gasteiger partial charge in [0.25, 0.3) is 10.0 Å². The van der Waals surface area contributed by atoms with Crippen LogP contribution in [-0.4, -0.2) is 8.42 Å². The van der Waals surface area contributed by atoms with Crippen molar-refractivity contribution in [2.45, 2.75) is 25.2 Å². The van der Waals surface area contributed by atoms with Gasteiger partial charge in [-0.3, -0.25) is 4.72 Å². The van der Waals surface area contributed by atoms with Crippen LogP contribution in [0.25, 0.3) is 0 Å². The number of halogens is 1. The first-order valence-corrected chi connectivity index (χ1v) is 8.78. The zero-order valence-electron chi connectivity index (χ0n) is 11.9. The summed E-state index contributed by atoms with van der Waals surface area (Å²) in [5.41, 5.74) is 8.48. The van der Waals surface area contributed by atoms with Crippen molar-refractivity contribution in [3.8, 4) is 0 Å². The zero-order chi connectivity index (χ0) is 15.6. The van der Waals surface area contributed by atoms with Crippen LogP contribution in [0.5, 0.6) is 0 Å². The molecule has 21 heavy (non-hydrogen) atoms. The van der Waals surface area contributed by atoms with E-state index in [4.69, 9.17) is 5.73 Å². The molecule has 0 spiro atoms. The molecular formula is C15H17BrN2O2S. The highest BCUT2D eigenvalue weighted by Gasteiger charge is 2.18. The Labute approximate surface area is 133 Å². The number of nitrogens with one attached hydrogen (secondary N) is 1. The summed E-state index contributed by atoms with van der Waals surface area (Å²) in [5.74, 6) is 0. The summed E-state index contributed by atoms with van der Waals surface area (Å²) in [5, 5.41) is 0. The standard InChI is InChI=1S/C15H17BrN2O2S/c1-3-11-9-12(16)5-6-14(11)18-21(19,20)15-7-4-10(2)8-13(15)17/h4-9,18H,3,17H2,1-2H3. The molecule has 112 valence electrons. The molecule has 0 atom stereocenters. The summed E-state index contributed by atoms with van der Waals surface area (Å²) in [7, 11) is -3.70. The fourth-order valence-corrected chi connectivity index (χ4v) is 3.69. The summed E-state index contributed by atoms with van der Waals surface area (Å²) >= 11 is 3.38. The lowest BCUT2D eigenvalue weighted by Crippen LogP contribution is -2.16. The number of sulfonamides is 1. The summed E-state index contributed by atoms with van der Waals surface area (Å²) in [6, 6.07) is 10.3. The van der Waals surface area contributed by atoms with Crippen molar-refractivity contribution >= 4 is 37.3 Å². The number of hydrogen-bond acceptors (Lipinski definition) is 3. The van der Waals surface area contributed by atoms with Crippen LogP contribution >= 0.6 is 15.9 Å². The number of anilines is 2. The molecule has 0 bridgehead atoms. The third-order valence-corrected chi connectivity index (χ3v) is 5.08. The van der Waals surface area contributed by atoms with E-state index in [0.717, 1.165) is 22.0 Å². The Morgan fingerprint density at radius 1 is 1.19 bits per heavy atom. The van der Waals surface area contributed by atoms with Crippen molar-refractivity contribution in [1.29, 1.82) is 0 Å². The van der Waals surface area contributed by atoms with Gasteiger partial charge in [0, 0.05) is 4.47 Å². The number of nitrogen functional groups attached to an aromatic ring is 1. The van der Waals surface area contributed by atoms with Crippen LogP contribution in [-0.2, 0) is 16.4 Å². The molecule has 0 amide bonds. The lowest BCUT2D eigenvalue weighted by Gasteiger charge is -2.13. The van der Waals surface area contributed by atoms with Gasteiger partial charge in [0.1, 0.15) is 4.90 Å². The molecule has 0 saturated carbocycles. The molecule has 2 aromatic rings. The molecule has 2 aromatic carbocycles. The van der Waals surface area contributed by atoms with E-state index in [1.165, 1.54) is 6.07 Å². The van der Waals surface area contributed by atoms with Gasteiger partial charge in [0.15, 0.2) is 0 Å². The van der Waals surface area contributed by atoms with Gasteiger partial charge in [0.05, 0.1) is 11.4 Å². The van der Waals surface area contributed by atoms with Gasteiger partial charge >= 0.3 is 0 Å². The van der Waals surface area contributed by atoms with E-state index >= 15 is 0 Å². The van der Waals surface area contributed by atoms with E-state index in [1.807, 2.05) is 19.9 Å². The smallest absolute Gasteiger partial charge is 0.263 e. The number of rotatable bonds is 4. The first-order valence-electron chi connectivity index (χ1n) is 6.51. The monoisotopic (exact) mass is 368 g/mol. The highest BCUT2D eigenvalue weighted by molar-refractivity contribution is 9.10. The number of nitrogens with two attached hydrogens (primary N) is 1. The second kappa shape index (κ2) is 6.07. The van der Waals surface area contributed by atoms with E-state index in [2.05, 4.69) is 20.7 Å². The van der Waals surface area contributed by atoms with Crippen LogP contribution in [0.2, 0.25) is 0 Å². The Bertz CT molecular complexity index is 773. The minimum absolute atomic E-state index is 0.0954. The molecule has 0 aliphatic carbocycles. The largest absolute Gasteiger partial charge is 0.398 e. The summed E-state index contributed by atoms with van der Waals surface area (Å²) < 4.78 is 28.5. The molecule has 0 unspecified atom stereocenters. The van der Waals surface area contributed by atoms with Crippen LogP contribution in [0.4, 0.5) is 11.4 Å². The molecule has 3 N–H and O–H groups in total. The number of aryl methyl sites for hydroxylation is 2. The van der Waals surface area contributed by atoms with Gasteiger partial charge in [-0.15, -0.1) is 0 Å². The molecule has 4 nitrogen and oxygen atoms in total. The summed E-state index contributed by atoms with van der Waals surface area (Å²) in [6.07, 6.45) is 0.723. The Hall–Kier alpha value is -1.53. The van der Waals surface area contributed by atoms with Crippen molar-refractivity contribution in [2.75, 3.05) is 10.5 Å². The highest BCUT2D eigenvalue weighted by Crippen LogP contribution is 2.26. The Kier molecular flexibility index (Phi) is 4.58. The van der Waals surface area contributed by atoms with Crippen LogP contribution in [0.1, 0.15) is 18.1 Å². The predicted octanol–water partition coefficient (Wildman–Crippen LogP) is 3.70. The zero-order valence-corrected chi connectivity index (χ0v) is 14.3. The first kappa shape index (κ1) is 15.9. The minimum Gasteiger partial charge on any atom is -0.398 e. The second-order valence-electron chi connectivity index (χ2n) is 4.80. The molecule has 2 rings (SSSR count). The topological polar surface area (TPSA) is 72.2 Å². The van der Waals surface area contributed by atoms with E-state index < -0.39 is 10.0 Å². The molecule has 0 heterocycles. The van der Waals surface area contributed by atoms with Gasteiger partial charge in [-0.2, -0.15) is 0 Å². The van der Waals surface area contributed by atoms with Crippen molar-refractivity contribution in [3.63, 3.8) is 0 Å². The molecule has 0 aromatic heterocycles. The Morgan fingerprint density at radius 3 is 2.52 bits per heavy atom. The maximum Gasteiger partial charge on any atom is 0.263 e. The van der Waals surface area contributed by atoms with Crippen LogP contribution < -0.4 is 10.5 Å². The fraction of sp³-hybridized carbons (Fsp3) is 0.200. The van der Waals surface area contributed by atoms with Crippen LogP contribution in [0, 0.1) is 6.92 Å². The van der Waals surface area contributed by atoms with E-state index in [9.17, 15) is 8.42 Å². The summed E-state index contributed by atoms with van der Waals surface area (Å²) in [4.78, 5) is 0.0954. The SMILES string of the molecule is CCc1cc(Br)ccc1NS(=O)(=O)c1ccc(C)cc1N. The van der Waals surface area contributed by atoms with Crippen molar-refractivity contribution in [1.82, 2.24) is 0 Å². The van der Waals surface area contributed by atoms with Gasteiger partial charge < -0.3 is 5.73 Å². The molecule has 0 aliphatic rings. The average Bonchev–Trinajstić information content (AvgIpc) is 2.40. The Balaban J connectivity index is 2.42. The maximum absolute atomic E-state index is 12.5. The van der Waals surface area contributed by atoms with E-state index in [1.54, 1.807) is 24.3 Å². The van der Waals surface area contributed by atoms with Crippen molar-refractivity contribution < 1.29 is 8.42 Å². The minimum atomic E-state index is -3.70. The van der Waals surface area contributed by atoms with Crippen LogP contribution in [0.3, 0.4) is 0 Å². The van der Waals surface area contributed by atoms with Crippen molar-refractivity contribution in [3.05, 3.63) is 52.0 Å². The highest BCUT2D eigenvalue weighted by atomic mass is 79.9. The number of benzene rings is 2. The molecule has 0 aliphatic heterocycles. The van der Waals surface area contributed by atoms with E-state index in [0.29, 0.717) is 5.69 Å². The molecule has 6 heteroatoms. The predicted molar refractivity (Wildman–Crippen MR) is 89.9 cm³/mol. The maximum atomic E-state index is 12.5. The Morgan fingerprint density at radius 2 is 1.90 bits per heavy atom. The molecule has 0 saturated heterocycles. The van der Waals surface area contributed by atoms with E-state index in [-0.39, 0.29) is 10.6 Å². The number of hydrogen-bond donors (Lipinski definition) is 2. The third kappa shape index (κ3) is 3.57. The van der Waals surface area contributed by atoms with Gasteiger partial charge in [-0.1, -0.05) is 28.9 Å². The normalized spacial score (nSPS) is 11.4. The molecule has 0 fully saturated rings. The fourth-order valence-electron chi connectivity index (χ4n) is 2.07. The average molecular weight is 369 g/mol. The third-order valence-electron chi connectivity index (χ3n) is 3.15.